The van der Waals surface area contributed by atoms with E-state index in [1.807, 2.05) is 12.4 Å². The summed E-state index contributed by atoms with van der Waals surface area (Å²) < 4.78 is 0. The summed E-state index contributed by atoms with van der Waals surface area (Å²) in [7, 11) is 0. The normalized spacial score (nSPS) is 10.3. The molecule has 72 valence electrons. The van der Waals surface area contributed by atoms with Gasteiger partial charge in [-0.3, -0.25) is 4.98 Å². The first-order valence-electron chi connectivity index (χ1n) is 4.50. The number of halogens is 1. The first-order chi connectivity index (χ1) is 6.33. The second kappa shape index (κ2) is 5.95. The molecule has 1 aromatic rings. The van der Waals surface area contributed by atoms with E-state index in [1.54, 1.807) is 0 Å². The van der Waals surface area contributed by atoms with Crippen molar-refractivity contribution in [3.8, 4) is 0 Å². The highest BCUT2D eigenvalue weighted by molar-refractivity contribution is 6.17. The first kappa shape index (κ1) is 10.5. The minimum atomic E-state index is 0.721. The van der Waals surface area contributed by atoms with Crippen LogP contribution in [0.2, 0.25) is 0 Å². The number of aromatic nitrogens is 1. The van der Waals surface area contributed by atoms with Crippen LogP contribution in [0.5, 0.6) is 0 Å². The minimum Gasteiger partial charge on any atom is -0.313 e. The molecule has 1 aromatic heterocycles. The molecule has 0 aliphatic rings. The third kappa shape index (κ3) is 4.25. The second-order valence-corrected chi connectivity index (χ2v) is 3.47. The number of alkyl halides is 1. The van der Waals surface area contributed by atoms with Crippen LogP contribution in [-0.4, -0.2) is 17.4 Å². The average Bonchev–Trinajstić information content (AvgIpc) is 2.13. The van der Waals surface area contributed by atoms with Crippen molar-refractivity contribution in [1.29, 1.82) is 0 Å². The van der Waals surface area contributed by atoms with Gasteiger partial charge in [0.2, 0.25) is 0 Å². The molecule has 0 aliphatic heterocycles. The summed E-state index contributed by atoms with van der Waals surface area (Å²) in [6, 6.07) is 2.14. The number of hydrogen-bond donors (Lipinski definition) is 1. The Morgan fingerprint density at radius 3 is 3.00 bits per heavy atom. The third-order valence-corrected chi connectivity index (χ3v) is 2.02. The van der Waals surface area contributed by atoms with E-state index in [0.717, 1.165) is 25.4 Å². The molecule has 1 heterocycles. The molecule has 0 bridgehead atoms. The molecule has 0 saturated heterocycles. The van der Waals surface area contributed by atoms with Crippen LogP contribution in [0.1, 0.15) is 17.5 Å². The van der Waals surface area contributed by atoms with Gasteiger partial charge in [0.25, 0.3) is 0 Å². The average molecular weight is 199 g/mol. The zero-order valence-electron chi connectivity index (χ0n) is 7.89. The summed E-state index contributed by atoms with van der Waals surface area (Å²) in [5.74, 6) is 0.721. The summed E-state index contributed by atoms with van der Waals surface area (Å²) >= 11 is 5.56. The molecule has 0 saturated carbocycles. The molecule has 0 unspecified atom stereocenters. The Bertz CT molecular complexity index is 250. The smallest absolute Gasteiger partial charge is 0.0313 e. The fraction of sp³-hybridized carbons (Fsp3) is 0.500. The van der Waals surface area contributed by atoms with Crippen molar-refractivity contribution < 1.29 is 0 Å². The molecule has 3 heteroatoms. The van der Waals surface area contributed by atoms with Crippen LogP contribution < -0.4 is 5.32 Å². The van der Waals surface area contributed by atoms with Gasteiger partial charge in [0, 0.05) is 24.8 Å². The monoisotopic (exact) mass is 198 g/mol. The first-order valence-corrected chi connectivity index (χ1v) is 5.03. The van der Waals surface area contributed by atoms with Crippen molar-refractivity contribution in [3.63, 3.8) is 0 Å². The third-order valence-electron chi connectivity index (χ3n) is 1.75. The van der Waals surface area contributed by atoms with E-state index in [9.17, 15) is 0 Å². The number of rotatable bonds is 5. The van der Waals surface area contributed by atoms with Gasteiger partial charge >= 0.3 is 0 Å². The van der Waals surface area contributed by atoms with Gasteiger partial charge in [0.05, 0.1) is 0 Å². The molecule has 0 atom stereocenters. The lowest BCUT2D eigenvalue weighted by molar-refractivity contribution is 0.675. The fourth-order valence-electron chi connectivity index (χ4n) is 1.14. The highest BCUT2D eigenvalue weighted by Crippen LogP contribution is 2.00. The number of nitrogens with zero attached hydrogens (tertiary/aromatic N) is 1. The predicted molar refractivity (Wildman–Crippen MR) is 56.0 cm³/mol. The topological polar surface area (TPSA) is 24.9 Å². The summed E-state index contributed by atoms with van der Waals surface area (Å²) in [5.41, 5.74) is 2.44. The Labute approximate surface area is 84.3 Å². The SMILES string of the molecule is Cc1cncc(CNCCCCl)c1. The molecule has 2 nitrogen and oxygen atoms in total. The standard InChI is InChI=1S/C10H15ClN2/c1-9-5-10(8-13-6-9)7-12-4-2-3-11/h5-6,8,12H,2-4,7H2,1H3. The molecular weight excluding hydrogens is 184 g/mol. The Morgan fingerprint density at radius 1 is 1.46 bits per heavy atom. The van der Waals surface area contributed by atoms with Gasteiger partial charge in [-0.1, -0.05) is 6.07 Å². The Balaban J connectivity index is 2.28. The highest BCUT2D eigenvalue weighted by Gasteiger charge is 1.92. The molecule has 1 rings (SSSR count). The largest absolute Gasteiger partial charge is 0.313 e. The van der Waals surface area contributed by atoms with Crippen molar-refractivity contribution in [2.45, 2.75) is 19.9 Å². The molecule has 0 fully saturated rings. The summed E-state index contributed by atoms with van der Waals surface area (Å²) in [4.78, 5) is 4.12. The van der Waals surface area contributed by atoms with Crippen LogP contribution in [0.25, 0.3) is 0 Å². The van der Waals surface area contributed by atoms with Crippen LogP contribution in [0.3, 0.4) is 0 Å². The molecule has 0 aliphatic carbocycles. The lowest BCUT2D eigenvalue weighted by Gasteiger charge is -2.03. The molecule has 0 amide bonds. The van der Waals surface area contributed by atoms with E-state index >= 15 is 0 Å². The van der Waals surface area contributed by atoms with Crippen LogP contribution in [0, 0.1) is 6.92 Å². The second-order valence-electron chi connectivity index (χ2n) is 3.09. The molecule has 1 N–H and O–H groups in total. The number of pyridine rings is 1. The van der Waals surface area contributed by atoms with Crippen LogP contribution >= 0.6 is 11.6 Å². The maximum Gasteiger partial charge on any atom is 0.0313 e. The van der Waals surface area contributed by atoms with Gasteiger partial charge in [-0.05, 0) is 31.0 Å². The maximum absolute atomic E-state index is 5.56. The number of hydrogen-bond acceptors (Lipinski definition) is 2. The minimum absolute atomic E-state index is 0.721. The van der Waals surface area contributed by atoms with Gasteiger partial charge < -0.3 is 5.32 Å². The molecule has 13 heavy (non-hydrogen) atoms. The summed E-state index contributed by atoms with van der Waals surface area (Å²) in [6.45, 7) is 3.90. The van der Waals surface area contributed by atoms with Gasteiger partial charge in [0.1, 0.15) is 0 Å². The number of aryl methyl sites for hydroxylation is 1. The maximum atomic E-state index is 5.56. The van der Waals surface area contributed by atoms with Gasteiger partial charge in [-0.15, -0.1) is 11.6 Å². The van der Waals surface area contributed by atoms with Crippen molar-refractivity contribution in [2.75, 3.05) is 12.4 Å². The summed E-state index contributed by atoms with van der Waals surface area (Å²) in [5, 5.41) is 3.31. The van der Waals surface area contributed by atoms with Gasteiger partial charge in [-0.25, -0.2) is 0 Å². The van der Waals surface area contributed by atoms with Crippen LogP contribution in [0.15, 0.2) is 18.5 Å². The zero-order chi connectivity index (χ0) is 9.52. The zero-order valence-corrected chi connectivity index (χ0v) is 8.64. The van der Waals surface area contributed by atoms with Crippen molar-refractivity contribution >= 4 is 11.6 Å². The van der Waals surface area contributed by atoms with E-state index in [2.05, 4.69) is 23.3 Å². The Kier molecular flexibility index (Phi) is 4.79. The molecule has 0 spiro atoms. The number of nitrogens with one attached hydrogen (secondary N) is 1. The quantitative estimate of drug-likeness (QED) is 0.579. The molecule has 0 aromatic carbocycles. The van der Waals surface area contributed by atoms with E-state index in [0.29, 0.717) is 0 Å². The highest BCUT2D eigenvalue weighted by atomic mass is 35.5. The lowest BCUT2D eigenvalue weighted by atomic mass is 10.2. The fourth-order valence-corrected chi connectivity index (χ4v) is 1.27. The summed E-state index contributed by atoms with van der Waals surface area (Å²) in [6.07, 6.45) is 4.77. The predicted octanol–water partition coefficient (Wildman–Crippen LogP) is 2.11. The Hall–Kier alpha value is -0.600. The van der Waals surface area contributed by atoms with Crippen LogP contribution in [-0.2, 0) is 6.54 Å². The van der Waals surface area contributed by atoms with Crippen molar-refractivity contribution in [1.82, 2.24) is 10.3 Å². The Morgan fingerprint density at radius 2 is 2.31 bits per heavy atom. The molecular formula is C10H15ClN2. The van der Waals surface area contributed by atoms with Crippen LogP contribution in [0.4, 0.5) is 0 Å². The van der Waals surface area contributed by atoms with E-state index in [4.69, 9.17) is 11.6 Å². The van der Waals surface area contributed by atoms with Crippen molar-refractivity contribution in [3.05, 3.63) is 29.6 Å². The van der Waals surface area contributed by atoms with E-state index < -0.39 is 0 Å². The lowest BCUT2D eigenvalue weighted by Crippen LogP contribution is -2.15. The van der Waals surface area contributed by atoms with Gasteiger partial charge in [0.15, 0.2) is 0 Å². The van der Waals surface area contributed by atoms with E-state index in [-0.39, 0.29) is 0 Å². The van der Waals surface area contributed by atoms with Crippen molar-refractivity contribution in [2.24, 2.45) is 0 Å². The van der Waals surface area contributed by atoms with E-state index in [1.165, 1.54) is 11.1 Å². The van der Waals surface area contributed by atoms with Gasteiger partial charge in [-0.2, -0.15) is 0 Å². The molecule has 0 radical (unpaired) electrons.